The van der Waals surface area contributed by atoms with Crippen molar-refractivity contribution in [2.45, 2.75) is 0 Å². The number of carbonyl (C=O) groups excluding carboxylic acids is 1. The first-order valence-electron chi connectivity index (χ1n) is 3.37. The van der Waals surface area contributed by atoms with E-state index in [0.29, 0.717) is 4.91 Å². The maximum absolute atomic E-state index is 11.0. The molecule has 0 saturated heterocycles. The van der Waals surface area contributed by atoms with Crippen LogP contribution in [0.3, 0.4) is 0 Å². The molecule has 0 atom stereocenters. The van der Waals surface area contributed by atoms with Crippen LogP contribution in [0.5, 0.6) is 0 Å². The van der Waals surface area contributed by atoms with Crippen molar-refractivity contribution in [3.8, 4) is 6.07 Å². The third-order valence-corrected chi connectivity index (χ3v) is 2.18. The Morgan fingerprint density at radius 2 is 2.54 bits per heavy atom. The van der Waals surface area contributed by atoms with E-state index in [1.807, 2.05) is 0 Å². The Kier molecular flexibility index (Phi) is 2.93. The number of ether oxygens (including phenoxy) is 1. The molecular formula is C7H7N3O2S. The highest BCUT2D eigenvalue weighted by atomic mass is 32.2. The second kappa shape index (κ2) is 3.96. The molecule has 0 fully saturated rings. The first-order chi connectivity index (χ1) is 6.19. The quantitative estimate of drug-likeness (QED) is 0.265. The number of esters is 1. The van der Waals surface area contributed by atoms with Crippen LogP contribution in [-0.4, -0.2) is 30.8 Å². The minimum Gasteiger partial charge on any atom is -0.465 e. The van der Waals surface area contributed by atoms with E-state index in [1.54, 1.807) is 17.5 Å². The van der Waals surface area contributed by atoms with Gasteiger partial charge in [0, 0.05) is 19.0 Å². The smallest absolute Gasteiger partial charge is 0.349 e. The lowest BCUT2D eigenvalue weighted by Gasteiger charge is -2.02. The Morgan fingerprint density at radius 1 is 1.85 bits per heavy atom. The zero-order valence-electron chi connectivity index (χ0n) is 7.14. The van der Waals surface area contributed by atoms with Crippen LogP contribution >= 0.6 is 11.9 Å². The van der Waals surface area contributed by atoms with E-state index in [9.17, 15) is 4.79 Å². The van der Waals surface area contributed by atoms with Gasteiger partial charge in [-0.3, -0.25) is 0 Å². The van der Waals surface area contributed by atoms with Crippen LogP contribution in [0.2, 0.25) is 0 Å². The summed E-state index contributed by atoms with van der Waals surface area (Å²) >= 11 is 1.21. The van der Waals surface area contributed by atoms with Gasteiger partial charge in [0.05, 0.1) is 18.2 Å². The van der Waals surface area contributed by atoms with E-state index in [-0.39, 0.29) is 5.57 Å². The Balaban J connectivity index is 2.96. The van der Waals surface area contributed by atoms with Gasteiger partial charge in [-0.25, -0.2) is 9.21 Å². The maximum Gasteiger partial charge on any atom is 0.349 e. The third kappa shape index (κ3) is 2.00. The van der Waals surface area contributed by atoms with Gasteiger partial charge in [0.1, 0.15) is 6.07 Å². The summed E-state index contributed by atoms with van der Waals surface area (Å²) in [6, 6.07) is 1.78. The summed E-state index contributed by atoms with van der Waals surface area (Å²) < 4.78 is 5.99. The van der Waals surface area contributed by atoms with Crippen molar-refractivity contribution >= 4 is 24.1 Å². The summed E-state index contributed by atoms with van der Waals surface area (Å²) in [5.74, 6) is -0.633. The lowest BCUT2D eigenvalue weighted by Crippen LogP contribution is -2.05. The van der Waals surface area contributed by atoms with Gasteiger partial charge >= 0.3 is 5.97 Å². The summed E-state index contributed by atoms with van der Waals surface area (Å²) in [5, 5.41) is 12.5. The highest BCUT2D eigenvalue weighted by Crippen LogP contribution is 2.26. The molecule has 0 unspecified atom stereocenters. The van der Waals surface area contributed by atoms with Gasteiger partial charge in [0.15, 0.2) is 5.57 Å². The molecule has 6 heteroatoms. The predicted octanol–water partition coefficient (Wildman–Crippen LogP) is 0.516. The van der Waals surface area contributed by atoms with Gasteiger partial charge in [-0.1, -0.05) is 0 Å². The van der Waals surface area contributed by atoms with Crippen LogP contribution in [0, 0.1) is 11.3 Å². The number of rotatable bonds is 1. The van der Waals surface area contributed by atoms with Gasteiger partial charge in [-0.05, 0) is 0 Å². The Morgan fingerprint density at radius 3 is 2.92 bits per heavy atom. The highest BCUT2D eigenvalue weighted by molar-refractivity contribution is 8.02. The average Bonchev–Trinajstić information content (AvgIpc) is 2.53. The summed E-state index contributed by atoms with van der Waals surface area (Å²) in [6.07, 6.45) is 1.46. The van der Waals surface area contributed by atoms with E-state index in [2.05, 4.69) is 9.84 Å². The first-order valence-corrected chi connectivity index (χ1v) is 4.14. The first kappa shape index (κ1) is 9.61. The minimum absolute atomic E-state index is 0.0133. The molecule has 5 nitrogen and oxygen atoms in total. The molecule has 1 rings (SSSR count). The van der Waals surface area contributed by atoms with Crippen molar-refractivity contribution in [1.29, 1.82) is 5.26 Å². The Bertz CT molecular complexity index is 329. The molecule has 0 spiro atoms. The number of methoxy groups -OCH3 is 1. The van der Waals surface area contributed by atoms with Crippen molar-refractivity contribution < 1.29 is 9.53 Å². The van der Waals surface area contributed by atoms with Gasteiger partial charge in [-0.15, -0.1) is 0 Å². The lowest BCUT2D eigenvalue weighted by atomic mass is 10.3. The molecule has 0 aliphatic carbocycles. The normalized spacial score (nSPS) is 18.4. The van der Waals surface area contributed by atoms with E-state index in [1.165, 1.54) is 25.3 Å². The van der Waals surface area contributed by atoms with Gasteiger partial charge < -0.3 is 4.74 Å². The Labute approximate surface area is 79.8 Å². The van der Waals surface area contributed by atoms with E-state index < -0.39 is 5.97 Å². The summed E-state index contributed by atoms with van der Waals surface area (Å²) in [6.45, 7) is 0. The van der Waals surface area contributed by atoms with Crippen molar-refractivity contribution in [3.05, 3.63) is 10.5 Å². The molecule has 1 aliphatic rings. The van der Waals surface area contributed by atoms with E-state index >= 15 is 0 Å². The number of allylic oxidation sites excluding steroid dienone is 1. The highest BCUT2D eigenvalue weighted by Gasteiger charge is 2.19. The van der Waals surface area contributed by atoms with Gasteiger partial charge in [0.2, 0.25) is 0 Å². The number of nitrogens with zero attached hydrogens (tertiary/aromatic N) is 3. The molecule has 0 saturated carbocycles. The number of hydrazone groups is 1. The van der Waals surface area contributed by atoms with Crippen molar-refractivity contribution in [2.24, 2.45) is 5.10 Å². The monoisotopic (exact) mass is 197 g/mol. The largest absolute Gasteiger partial charge is 0.465 e. The molecule has 0 aromatic heterocycles. The summed E-state index contributed by atoms with van der Waals surface area (Å²) in [4.78, 5) is 11.6. The molecule has 1 heterocycles. The topological polar surface area (TPSA) is 65.7 Å². The molecular weight excluding hydrogens is 190 g/mol. The third-order valence-electron chi connectivity index (χ3n) is 1.32. The molecule has 0 aromatic carbocycles. The lowest BCUT2D eigenvalue weighted by molar-refractivity contribution is -0.135. The zero-order valence-corrected chi connectivity index (χ0v) is 7.96. The molecule has 0 aromatic rings. The van der Waals surface area contributed by atoms with Crippen molar-refractivity contribution in [2.75, 3.05) is 14.2 Å². The average molecular weight is 197 g/mol. The molecule has 0 radical (unpaired) electrons. The second-order valence-corrected chi connectivity index (χ2v) is 3.29. The van der Waals surface area contributed by atoms with E-state index in [4.69, 9.17) is 5.26 Å². The van der Waals surface area contributed by atoms with Crippen LogP contribution in [0.15, 0.2) is 15.6 Å². The predicted molar refractivity (Wildman–Crippen MR) is 48.5 cm³/mol. The molecule has 1 aliphatic heterocycles. The second-order valence-electron chi connectivity index (χ2n) is 2.14. The number of hydrogen-bond donors (Lipinski definition) is 0. The zero-order chi connectivity index (χ0) is 9.84. The number of hydrogen-bond acceptors (Lipinski definition) is 6. The van der Waals surface area contributed by atoms with E-state index in [0.717, 1.165) is 0 Å². The molecule has 0 N–H and O–H groups in total. The van der Waals surface area contributed by atoms with Crippen LogP contribution in [0.25, 0.3) is 0 Å². The van der Waals surface area contributed by atoms with Crippen molar-refractivity contribution in [1.82, 2.24) is 4.41 Å². The van der Waals surface area contributed by atoms with Crippen LogP contribution in [-0.2, 0) is 9.53 Å². The van der Waals surface area contributed by atoms with Crippen LogP contribution in [0.1, 0.15) is 0 Å². The molecule has 0 bridgehead atoms. The Hall–Kier alpha value is -1.48. The van der Waals surface area contributed by atoms with Crippen LogP contribution in [0.4, 0.5) is 0 Å². The summed E-state index contributed by atoms with van der Waals surface area (Å²) in [5.41, 5.74) is -0.0133. The molecule has 0 amide bonds. The fraction of sp³-hybridized carbons (Fsp3) is 0.286. The maximum atomic E-state index is 11.0. The SMILES string of the molecule is COC(=O)/C(C#N)=C1/C=NN(C)S1. The summed E-state index contributed by atoms with van der Waals surface area (Å²) in [7, 11) is 2.96. The minimum atomic E-state index is -0.633. The molecule has 68 valence electrons. The molecule has 13 heavy (non-hydrogen) atoms. The van der Waals surface area contributed by atoms with Crippen LogP contribution < -0.4 is 0 Å². The number of carbonyl (C=O) groups is 1. The fourth-order valence-corrected chi connectivity index (χ4v) is 1.43. The standard InChI is InChI=1S/C7H7N3O2S/c1-10-9-4-6(13-10)5(3-8)7(11)12-2/h4H,1-2H3/b6-5-. The van der Waals surface area contributed by atoms with Gasteiger partial charge in [-0.2, -0.15) is 10.4 Å². The number of nitriles is 1. The fourth-order valence-electron chi connectivity index (χ4n) is 0.737. The van der Waals surface area contributed by atoms with Gasteiger partial charge in [0.25, 0.3) is 0 Å². The van der Waals surface area contributed by atoms with Crippen molar-refractivity contribution in [3.63, 3.8) is 0 Å².